The molecule has 5 heteroatoms. The molecule has 0 saturated carbocycles. The Morgan fingerprint density at radius 1 is 0.651 bits per heavy atom. The Labute approximate surface area is 258 Å². The molecule has 0 aliphatic carbocycles. The Bertz CT molecular complexity index is 1800. The van der Waals surface area contributed by atoms with E-state index in [4.69, 9.17) is 0 Å². The van der Waals surface area contributed by atoms with Crippen LogP contribution < -0.4 is 0 Å². The summed E-state index contributed by atoms with van der Waals surface area (Å²) in [6.45, 7) is 13.6. The molecule has 0 spiro atoms. The Morgan fingerprint density at radius 3 is 1.79 bits per heavy atom. The van der Waals surface area contributed by atoms with Gasteiger partial charge < -0.3 is 4.48 Å². The molecule has 0 aliphatic rings. The summed E-state index contributed by atoms with van der Waals surface area (Å²) in [7, 11) is -3.86. The van der Waals surface area contributed by atoms with Gasteiger partial charge in [0.1, 0.15) is 6.54 Å². The Morgan fingerprint density at radius 2 is 1.21 bits per heavy atom. The maximum absolute atomic E-state index is 14.9. The van der Waals surface area contributed by atoms with Gasteiger partial charge >= 0.3 is 0 Å². The van der Waals surface area contributed by atoms with Crippen LogP contribution in [0.25, 0.3) is 21.5 Å². The van der Waals surface area contributed by atoms with Crippen molar-refractivity contribution in [1.29, 1.82) is 0 Å². The average molecular weight is 594 g/mol. The molecule has 0 N–H and O–H groups in total. The van der Waals surface area contributed by atoms with Crippen molar-refractivity contribution in [3.63, 3.8) is 0 Å². The second kappa shape index (κ2) is 13.0. The molecule has 5 rings (SSSR count). The van der Waals surface area contributed by atoms with Gasteiger partial charge in [-0.05, 0) is 79.4 Å². The zero-order valence-electron chi connectivity index (χ0n) is 26.3. The van der Waals surface area contributed by atoms with Crippen LogP contribution in [0.5, 0.6) is 0 Å². The number of rotatable bonds is 12. The second-order valence-corrected chi connectivity index (χ2v) is 13.9. The molecule has 4 nitrogen and oxygen atoms in total. The topological polar surface area (TPSA) is 37.4 Å². The third kappa shape index (κ3) is 6.54. The fourth-order valence-electron chi connectivity index (χ4n) is 6.78. The number of fused-ring (bicyclic) bond motifs is 2. The van der Waals surface area contributed by atoms with Gasteiger partial charge in [-0.25, -0.2) is 8.42 Å². The van der Waals surface area contributed by atoms with Crippen molar-refractivity contribution in [2.75, 3.05) is 13.1 Å². The largest absolute Gasteiger partial charge is 0.305 e. The normalized spacial score (nSPS) is 13.2. The molecule has 1 atom stereocenters. The van der Waals surface area contributed by atoms with Gasteiger partial charge in [-0.2, -0.15) is 0 Å². The zero-order valence-corrected chi connectivity index (χ0v) is 27.1. The quantitative estimate of drug-likeness (QED) is 0.107. The van der Waals surface area contributed by atoms with Crippen molar-refractivity contribution in [3.05, 3.63) is 125 Å². The number of benzene rings is 5. The van der Waals surface area contributed by atoms with Crippen LogP contribution in [-0.4, -0.2) is 36.5 Å². The number of aryl methyl sites for hydroxylation is 2. The number of hydrogen-bond donors (Lipinski definition) is 0. The molecule has 5 aromatic rings. The summed E-state index contributed by atoms with van der Waals surface area (Å²) < 4.78 is 32.3. The molecule has 0 bridgehead atoms. The van der Waals surface area contributed by atoms with Crippen LogP contribution in [0.15, 0.2) is 108 Å². The molecule has 0 fully saturated rings. The molecule has 0 aliphatic heterocycles. The fourth-order valence-corrected chi connectivity index (χ4v) is 8.51. The molecule has 0 radical (unpaired) electrons. The van der Waals surface area contributed by atoms with E-state index in [1.54, 1.807) is 6.07 Å². The van der Waals surface area contributed by atoms with Gasteiger partial charge in [0.05, 0.1) is 18.0 Å². The van der Waals surface area contributed by atoms with Crippen molar-refractivity contribution in [2.24, 2.45) is 0 Å². The van der Waals surface area contributed by atoms with Crippen LogP contribution in [0.4, 0.5) is 0 Å². The lowest BCUT2D eigenvalue weighted by molar-refractivity contribution is -0.969. The lowest BCUT2D eigenvalue weighted by atomic mass is 10.0. The van der Waals surface area contributed by atoms with Gasteiger partial charge in [-0.1, -0.05) is 103 Å². The van der Waals surface area contributed by atoms with E-state index in [0.717, 1.165) is 59.6 Å². The van der Waals surface area contributed by atoms with E-state index >= 15 is 0 Å². The van der Waals surface area contributed by atoms with Crippen molar-refractivity contribution in [1.82, 2.24) is 4.31 Å². The van der Waals surface area contributed by atoms with E-state index in [1.807, 2.05) is 52.8 Å². The highest BCUT2D eigenvalue weighted by molar-refractivity contribution is 7.89. The highest BCUT2D eigenvalue weighted by atomic mass is 32.2. The number of quaternary nitrogens is 1. The summed E-state index contributed by atoms with van der Waals surface area (Å²) in [4.78, 5) is 0.352. The third-order valence-corrected chi connectivity index (χ3v) is 10.9. The highest BCUT2D eigenvalue weighted by Crippen LogP contribution is 2.33. The van der Waals surface area contributed by atoms with E-state index in [-0.39, 0.29) is 6.17 Å². The van der Waals surface area contributed by atoms with Gasteiger partial charge in [0.2, 0.25) is 10.0 Å². The number of nitrogens with zero attached hydrogens (tertiary/aromatic N) is 2. The van der Waals surface area contributed by atoms with Gasteiger partial charge in [0.15, 0.2) is 6.17 Å². The summed E-state index contributed by atoms with van der Waals surface area (Å²) in [5.41, 5.74) is 4.74. The minimum atomic E-state index is -3.86. The first-order valence-electron chi connectivity index (χ1n) is 15.6. The zero-order chi connectivity index (χ0) is 30.6. The predicted molar refractivity (Wildman–Crippen MR) is 180 cm³/mol. The van der Waals surface area contributed by atoms with Crippen molar-refractivity contribution in [3.8, 4) is 0 Å². The first-order valence-corrected chi connectivity index (χ1v) is 17.0. The van der Waals surface area contributed by atoms with E-state index < -0.39 is 10.0 Å². The molecule has 1 unspecified atom stereocenters. The van der Waals surface area contributed by atoms with Crippen LogP contribution in [-0.2, 0) is 23.1 Å². The number of hydrogen-bond acceptors (Lipinski definition) is 2. The van der Waals surface area contributed by atoms with Crippen LogP contribution in [0.2, 0.25) is 0 Å². The van der Waals surface area contributed by atoms with E-state index in [0.29, 0.717) is 15.9 Å². The molecule has 0 aromatic heterocycles. The van der Waals surface area contributed by atoms with Crippen LogP contribution in [0.3, 0.4) is 0 Å². The van der Waals surface area contributed by atoms with Crippen molar-refractivity contribution < 1.29 is 12.9 Å². The lowest BCUT2D eigenvalue weighted by Crippen LogP contribution is -2.62. The second-order valence-electron chi connectivity index (χ2n) is 12.0. The molecular formula is C38H45N2O2S+. The summed E-state index contributed by atoms with van der Waals surface area (Å²) in [5.74, 6) is 0. The SMILES string of the molecule is CCCC(N(Cc1ccc2ccccc2c1)S(=O)(=O)c1ccc2ccccc2c1)[N+](CC)(CC)Cc1cc(C)cc(C)c1. The van der Waals surface area contributed by atoms with E-state index in [9.17, 15) is 8.42 Å². The van der Waals surface area contributed by atoms with E-state index in [1.165, 1.54) is 16.7 Å². The smallest absolute Gasteiger partial charge is 0.248 e. The standard InChI is InChI=1S/C38H45N2O2S/c1-6-13-38(40(7-2,8-3)28-32-23-29(4)22-30(5)24-32)39(27-31-18-19-33-14-9-11-16-35(33)25-31)43(41,42)37-21-20-34-15-10-12-17-36(34)26-37/h9-12,14-26,38H,6-8,13,27-28H2,1-5H3/q+1. The molecule has 224 valence electrons. The molecule has 5 aromatic carbocycles. The maximum atomic E-state index is 14.9. The summed E-state index contributed by atoms with van der Waals surface area (Å²) in [6, 6.07) is 34.9. The Hall–Kier alpha value is -3.51. The van der Waals surface area contributed by atoms with Crippen LogP contribution >= 0.6 is 0 Å². The van der Waals surface area contributed by atoms with Crippen LogP contribution in [0, 0.1) is 13.8 Å². The minimum absolute atomic E-state index is 0.233. The molecule has 43 heavy (non-hydrogen) atoms. The minimum Gasteiger partial charge on any atom is -0.305 e. The summed E-state index contributed by atoms with van der Waals surface area (Å²) in [6.07, 6.45) is 1.43. The highest BCUT2D eigenvalue weighted by Gasteiger charge is 2.44. The van der Waals surface area contributed by atoms with Gasteiger partial charge in [0, 0.05) is 18.5 Å². The molecular weight excluding hydrogens is 548 g/mol. The lowest BCUT2D eigenvalue weighted by Gasteiger charge is -2.47. The van der Waals surface area contributed by atoms with Crippen molar-refractivity contribution in [2.45, 2.75) is 71.6 Å². The maximum Gasteiger partial charge on any atom is 0.248 e. The summed E-state index contributed by atoms with van der Waals surface area (Å²) in [5, 5.41) is 4.25. The first-order chi connectivity index (χ1) is 20.7. The Kier molecular flexibility index (Phi) is 9.36. The molecule has 0 saturated heterocycles. The van der Waals surface area contributed by atoms with E-state index in [2.05, 4.69) is 83.1 Å². The fraction of sp³-hybridized carbons (Fsp3) is 0.316. The van der Waals surface area contributed by atoms with Crippen molar-refractivity contribution >= 4 is 31.6 Å². The van der Waals surface area contributed by atoms with Gasteiger partial charge in [0.25, 0.3) is 0 Å². The monoisotopic (exact) mass is 593 g/mol. The van der Waals surface area contributed by atoms with Gasteiger partial charge in [-0.15, -0.1) is 4.31 Å². The van der Waals surface area contributed by atoms with Gasteiger partial charge in [-0.3, -0.25) is 0 Å². The number of sulfonamides is 1. The first kappa shape index (κ1) is 30.9. The Balaban J connectivity index is 1.67. The molecule has 0 heterocycles. The average Bonchev–Trinajstić information content (AvgIpc) is 3.01. The molecule has 0 amide bonds. The predicted octanol–water partition coefficient (Wildman–Crippen LogP) is 8.98. The van der Waals surface area contributed by atoms with Crippen LogP contribution in [0.1, 0.15) is 55.9 Å². The third-order valence-electron chi connectivity index (χ3n) is 9.03. The summed E-state index contributed by atoms with van der Waals surface area (Å²) >= 11 is 0.